The summed E-state index contributed by atoms with van der Waals surface area (Å²) < 4.78 is 45.4. The number of aliphatic imine (C=N–C) groups is 2. The number of nitrogens with one attached hydrogen (secondary N) is 3. The van der Waals surface area contributed by atoms with Crippen molar-refractivity contribution >= 4 is 40.7 Å². The van der Waals surface area contributed by atoms with E-state index in [-0.39, 0.29) is 5.82 Å². The first-order chi connectivity index (χ1) is 24.8. The van der Waals surface area contributed by atoms with E-state index in [9.17, 15) is 13.6 Å². The van der Waals surface area contributed by atoms with Crippen LogP contribution in [0.15, 0.2) is 95.0 Å². The molecular weight excluding hydrogens is 655 g/mol. The average Bonchev–Trinajstić information content (AvgIpc) is 3.52. The number of benzene rings is 3. The number of likely N-dealkylation sites (N-methyl/N-ethyl adjacent to an activating group) is 1. The number of anilines is 3. The first-order valence-corrected chi connectivity index (χ1v) is 17.0. The summed E-state index contributed by atoms with van der Waals surface area (Å²) in [7, 11) is 2.14. The topological polar surface area (TPSA) is 102 Å². The molecule has 0 aliphatic carbocycles. The molecule has 2 aromatic heterocycles. The smallest absolute Gasteiger partial charge is 0.261 e. The highest BCUT2D eigenvalue weighted by Crippen LogP contribution is 2.36. The molecule has 0 bridgehead atoms. The maximum Gasteiger partial charge on any atom is 0.261 e. The highest BCUT2D eigenvalue weighted by atomic mass is 19.1. The number of pyridine rings is 1. The summed E-state index contributed by atoms with van der Waals surface area (Å²) in [6.07, 6.45) is 5.01. The van der Waals surface area contributed by atoms with Gasteiger partial charge in [-0.25, -0.2) is 27.7 Å². The first-order valence-electron chi connectivity index (χ1n) is 17.0. The third-order valence-electron chi connectivity index (χ3n) is 9.10. The Morgan fingerprint density at radius 2 is 1.69 bits per heavy atom. The fourth-order valence-electron chi connectivity index (χ4n) is 6.39. The molecule has 3 aromatic carbocycles. The minimum Gasteiger partial charge on any atom is -0.383 e. The lowest BCUT2D eigenvalue weighted by Gasteiger charge is -2.32. The third-order valence-corrected chi connectivity index (χ3v) is 9.10. The molecule has 51 heavy (non-hydrogen) atoms. The third kappa shape index (κ3) is 7.79. The van der Waals surface area contributed by atoms with Crippen molar-refractivity contribution in [1.29, 1.82) is 0 Å². The molecule has 262 valence electrons. The fourth-order valence-corrected chi connectivity index (χ4v) is 6.39. The summed E-state index contributed by atoms with van der Waals surface area (Å²) in [5.74, 6) is -2.84. The zero-order chi connectivity index (χ0) is 35.3. The summed E-state index contributed by atoms with van der Waals surface area (Å²) in [6, 6.07) is 20.5. The van der Waals surface area contributed by atoms with Crippen molar-refractivity contribution in [3.8, 4) is 11.3 Å². The van der Waals surface area contributed by atoms with Gasteiger partial charge in [0.25, 0.3) is 5.91 Å². The lowest BCUT2D eigenvalue weighted by molar-refractivity contribution is 0.101. The number of hydrogen-bond donors (Lipinski definition) is 3. The summed E-state index contributed by atoms with van der Waals surface area (Å²) in [5.41, 5.74) is 3.58. The second-order valence-electron chi connectivity index (χ2n) is 12.7. The monoisotopic (exact) mass is 693 g/mol. The second-order valence-corrected chi connectivity index (χ2v) is 12.7. The molecule has 1 saturated heterocycles. The van der Waals surface area contributed by atoms with Crippen molar-refractivity contribution in [3.63, 3.8) is 0 Å². The van der Waals surface area contributed by atoms with Crippen molar-refractivity contribution in [2.24, 2.45) is 9.98 Å². The number of carbonyl (C=O) groups is 1. The van der Waals surface area contributed by atoms with Crippen LogP contribution in [0.2, 0.25) is 0 Å². The molecule has 1 fully saturated rings. The van der Waals surface area contributed by atoms with Gasteiger partial charge in [0.1, 0.15) is 23.0 Å². The lowest BCUT2D eigenvalue weighted by Crippen LogP contribution is -2.44. The molecular formula is C38H38F3N9O. The molecule has 4 heterocycles. The minimum atomic E-state index is -0.949. The number of halogens is 3. The van der Waals surface area contributed by atoms with Gasteiger partial charge in [0.05, 0.1) is 22.9 Å². The van der Waals surface area contributed by atoms with E-state index < -0.39 is 29.1 Å². The molecule has 0 saturated carbocycles. The van der Waals surface area contributed by atoms with E-state index >= 15 is 4.39 Å². The van der Waals surface area contributed by atoms with Crippen LogP contribution in [0.1, 0.15) is 34.8 Å². The van der Waals surface area contributed by atoms with Crippen LogP contribution in [0.25, 0.3) is 16.8 Å². The summed E-state index contributed by atoms with van der Waals surface area (Å²) in [5, 5.41) is 13.8. The number of piperazine rings is 1. The van der Waals surface area contributed by atoms with E-state index in [2.05, 4.69) is 37.8 Å². The SMILES string of the molecule is CN1CCN(CCCNc2ccc(NC3=NC(c4c(-c5cccc(NC(=O)c6c(F)cccc6F)c5)nn5ccccc45)CC=N3)cc2F)CC1. The number of nitrogens with zero attached hydrogens (tertiary/aromatic N) is 6. The Morgan fingerprint density at radius 1 is 0.882 bits per heavy atom. The van der Waals surface area contributed by atoms with Crippen molar-refractivity contribution in [2.75, 3.05) is 62.3 Å². The maximum absolute atomic E-state index is 15.1. The van der Waals surface area contributed by atoms with Gasteiger partial charge in [-0.2, -0.15) is 5.10 Å². The summed E-state index contributed by atoms with van der Waals surface area (Å²) >= 11 is 0. The molecule has 10 nitrogen and oxygen atoms in total. The van der Waals surface area contributed by atoms with Crippen LogP contribution in [0, 0.1) is 17.5 Å². The normalized spacial score (nSPS) is 16.6. The fraction of sp³-hybridized carbons (Fsp3) is 0.263. The molecule has 0 spiro atoms. The van der Waals surface area contributed by atoms with E-state index in [1.807, 2.05) is 30.5 Å². The van der Waals surface area contributed by atoms with E-state index in [1.54, 1.807) is 41.1 Å². The standard InChI is InChI=1S/C38H38F3N9O/c1-48-19-21-49(22-20-48)17-6-15-42-31-13-12-27(24-30(31)41)45-38-43-16-14-32(46-38)35-33-11-2-3-18-50(33)47-36(35)25-7-4-8-26(23-25)44-37(51)34-28(39)9-5-10-29(34)40/h2-5,7-13,16,18,23-24,32,42H,6,14-15,17,19-22H2,1H3,(H,44,51)(H,45,46). The molecule has 1 amide bonds. The van der Waals surface area contributed by atoms with Crippen LogP contribution in [0.5, 0.6) is 0 Å². The molecule has 5 aromatic rings. The number of aromatic nitrogens is 2. The van der Waals surface area contributed by atoms with Crippen LogP contribution >= 0.6 is 0 Å². The highest BCUT2D eigenvalue weighted by molar-refractivity contribution is 6.05. The van der Waals surface area contributed by atoms with E-state index in [1.165, 1.54) is 12.1 Å². The highest BCUT2D eigenvalue weighted by Gasteiger charge is 2.25. The zero-order valence-electron chi connectivity index (χ0n) is 28.1. The van der Waals surface area contributed by atoms with Crippen LogP contribution in [0.3, 0.4) is 0 Å². The van der Waals surface area contributed by atoms with Crippen molar-refractivity contribution in [2.45, 2.75) is 18.9 Å². The van der Waals surface area contributed by atoms with Crippen LogP contribution < -0.4 is 16.0 Å². The number of carbonyl (C=O) groups excluding carboxylic acids is 1. The van der Waals surface area contributed by atoms with Crippen molar-refractivity contribution < 1.29 is 18.0 Å². The van der Waals surface area contributed by atoms with Gasteiger partial charge < -0.3 is 25.8 Å². The molecule has 13 heteroatoms. The Morgan fingerprint density at radius 3 is 2.49 bits per heavy atom. The lowest BCUT2D eigenvalue weighted by atomic mass is 9.98. The number of fused-ring (bicyclic) bond motifs is 1. The number of amides is 1. The first kappa shape index (κ1) is 33.9. The second kappa shape index (κ2) is 15.2. The molecule has 1 unspecified atom stereocenters. The van der Waals surface area contributed by atoms with Gasteiger partial charge in [-0.15, -0.1) is 0 Å². The number of hydrogen-bond acceptors (Lipinski definition) is 8. The quantitative estimate of drug-likeness (QED) is 0.141. The van der Waals surface area contributed by atoms with E-state index in [4.69, 9.17) is 10.1 Å². The average molecular weight is 694 g/mol. The van der Waals surface area contributed by atoms with E-state index in [0.717, 1.165) is 62.4 Å². The van der Waals surface area contributed by atoms with Crippen molar-refractivity contribution in [1.82, 2.24) is 19.4 Å². The molecule has 0 radical (unpaired) electrons. The molecule has 2 aliphatic heterocycles. The van der Waals surface area contributed by atoms with Gasteiger partial charge in [-0.1, -0.05) is 24.3 Å². The van der Waals surface area contributed by atoms with Gasteiger partial charge in [0, 0.05) is 74.1 Å². The number of guanidine groups is 1. The van der Waals surface area contributed by atoms with Gasteiger partial charge in [-0.3, -0.25) is 4.79 Å². The predicted molar refractivity (Wildman–Crippen MR) is 195 cm³/mol. The van der Waals surface area contributed by atoms with Crippen LogP contribution in [-0.4, -0.2) is 83.8 Å². The van der Waals surface area contributed by atoms with E-state index in [0.29, 0.717) is 47.2 Å². The Balaban J connectivity index is 1.07. The van der Waals surface area contributed by atoms with Gasteiger partial charge in [0.2, 0.25) is 5.96 Å². The van der Waals surface area contributed by atoms with Crippen molar-refractivity contribution in [3.05, 3.63) is 114 Å². The largest absolute Gasteiger partial charge is 0.383 e. The molecule has 7 rings (SSSR count). The Labute approximate surface area is 293 Å². The Kier molecular flexibility index (Phi) is 10.1. The minimum absolute atomic E-state index is 0.327. The van der Waals surface area contributed by atoms with Gasteiger partial charge in [-0.05, 0) is 74.6 Å². The van der Waals surface area contributed by atoms with Crippen LogP contribution in [-0.2, 0) is 0 Å². The van der Waals surface area contributed by atoms with Gasteiger partial charge >= 0.3 is 0 Å². The Bertz CT molecular complexity index is 2090. The summed E-state index contributed by atoms with van der Waals surface area (Å²) in [6.45, 7) is 5.93. The molecule has 2 aliphatic rings. The Hall–Kier alpha value is -5.53. The summed E-state index contributed by atoms with van der Waals surface area (Å²) in [4.78, 5) is 26.9. The number of rotatable bonds is 10. The van der Waals surface area contributed by atoms with Crippen LogP contribution in [0.4, 0.5) is 30.2 Å². The maximum atomic E-state index is 15.1. The molecule has 1 atom stereocenters. The molecule has 3 N–H and O–H groups in total. The predicted octanol–water partition coefficient (Wildman–Crippen LogP) is 6.70. The zero-order valence-corrected chi connectivity index (χ0v) is 28.1. The van der Waals surface area contributed by atoms with Gasteiger partial charge in [0.15, 0.2) is 0 Å².